The third-order valence-electron chi connectivity index (χ3n) is 0. The predicted octanol–water partition coefficient (Wildman–Crippen LogP) is -3.95. The largest absolute Gasteiger partial charge is 2.00 e. The maximum Gasteiger partial charge on any atom is 2.00 e. The van der Waals surface area contributed by atoms with Crippen molar-refractivity contribution in [2.45, 2.75) is 0 Å². The summed E-state index contributed by atoms with van der Waals surface area (Å²) in [6.07, 6.45) is 0. The summed E-state index contributed by atoms with van der Waals surface area (Å²) in [6, 6.07) is 0. The van der Waals surface area contributed by atoms with Gasteiger partial charge in [0.05, 0.1) is 0 Å². The first-order valence-corrected chi connectivity index (χ1v) is 2.68. The zero-order valence-corrected chi connectivity index (χ0v) is 6.87. The van der Waals surface area contributed by atoms with Gasteiger partial charge in [0.1, 0.15) is 0 Å². The Morgan fingerprint density at radius 1 is 1.00 bits per heavy atom. The summed E-state index contributed by atoms with van der Waals surface area (Å²) in [5.74, 6) is 0. The SMILES string of the molecule is O[Si](O)(O)O.[AlH3].[Fe].[H-].[H-].[Mg+2]. The van der Waals surface area contributed by atoms with Crippen LogP contribution in [0.4, 0.5) is 0 Å². The summed E-state index contributed by atoms with van der Waals surface area (Å²) in [5.41, 5.74) is 0. The van der Waals surface area contributed by atoms with E-state index in [2.05, 4.69) is 0 Å². The van der Waals surface area contributed by atoms with E-state index in [1.807, 2.05) is 0 Å². The Morgan fingerprint density at radius 3 is 1.00 bits per heavy atom. The van der Waals surface area contributed by atoms with E-state index in [-0.39, 0.29) is 60.3 Å². The van der Waals surface area contributed by atoms with Gasteiger partial charge in [0.25, 0.3) is 0 Å². The monoisotopic (exact) mass is 208 g/mol. The van der Waals surface area contributed by atoms with E-state index in [1.54, 1.807) is 0 Å². The molecule has 0 rings (SSSR count). The molecule has 0 aromatic heterocycles. The third-order valence-corrected chi connectivity index (χ3v) is 0. The quantitative estimate of drug-likeness (QED) is 0.306. The minimum absolute atomic E-state index is 0. The number of hydrogen-bond acceptors (Lipinski definition) is 4. The first-order chi connectivity index (χ1) is 2.00. The van der Waals surface area contributed by atoms with Crippen molar-refractivity contribution >= 4 is 49.5 Å². The van der Waals surface area contributed by atoms with Gasteiger partial charge >= 0.3 is 32.1 Å². The van der Waals surface area contributed by atoms with Gasteiger partial charge in [-0.2, -0.15) is 0 Å². The second-order valence-electron chi connectivity index (χ2n) is 0.600. The second-order valence-corrected chi connectivity index (χ2v) is 1.80. The minimum Gasteiger partial charge on any atom is -1.00 e. The van der Waals surface area contributed by atoms with Gasteiger partial charge in [-0.1, -0.05) is 0 Å². The standard InChI is InChI=1S/Al.Fe.Mg.H4O4Si.5H/c;;;1-5(2,3)4;;;;;/h;;;1-4H;;;;;/q;;+2;;;;;2*-1. The van der Waals surface area contributed by atoms with Gasteiger partial charge in [-0.25, -0.2) is 0 Å². The second kappa shape index (κ2) is 8.88. The van der Waals surface area contributed by atoms with Crippen LogP contribution in [0.2, 0.25) is 0 Å². The fourth-order valence-corrected chi connectivity index (χ4v) is 0. The van der Waals surface area contributed by atoms with Crippen LogP contribution in [0.25, 0.3) is 0 Å². The van der Waals surface area contributed by atoms with Crippen LogP contribution in [0.5, 0.6) is 0 Å². The van der Waals surface area contributed by atoms with Gasteiger partial charge in [-0.3, -0.25) is 0 Å². The Hall–Kier alpha value is 1.88. The number of rotatable bonds is 0. The van der Waals surface area contributed by atoms with Crippen LogP contribution >= 0.6 is 0 Å². The van der Waals surface area contributed by atoms with Crippen LogP contribution in [0.1, 0.15) is 2.85 Å². The molecule has 0 aliphatic rings. The molecule has 0 aromatic carbocycles. The average molecular weight is 208 g/mol. The Morgan fingerprint density at radius 2 is 1.00 bits per heavy atom. The van der Waals surface area contributed by atoms with Crippen molar-refractivity contribution in [1.82, 2.24) is 0 Å². The normalized spacial score (nSPS) is 7.50. The molecule has 0 fully saturated rings. The molecule has 0 unspecified atom stereocenters. The average Bonchev–Trinajstić information content (AvgIpc) is 0.722. The van der Waals surface area contributed by atoms with Crippen molar-refractivity contribution in [3.8, 4) is 0 Å². The molecule has 0 spiro atoms. The topological polar surface area (TPSA) is 80.9 Å². The molecule has 50 valence electrons. The fraction of sp³-hybridized carbons (Fsp3) is 0. The predicted molar refractivity (Wildman–Crippen MR) is 32.5 cm³/mol. The van der Waals surface area contributed by atoms with E-state index in [0.717, 1.165) is 0 Å². The van der Waals surface area contributed by atoms with E-state index < -0.39 is 9.05 Å². The van der Waals surface area contributed by atoms with Crippen LogP contribution in [0, 0.1) is 0 Å². The van der Waals surface area contributed by atoms with Crippen molar-refractivity contribution in [2.24, 2.45) is 0 Å². The van der Waals surface area contributed by atoms with Gasteiger partial charge in [0.2, 0.25) is 0 Å². The summed E-state index contributed by atoms with van der Waals surface area (Å²) in [6.45, 7) is 0. The molecule has 0 heterocycles. The maximum absolute atomic E-state index is 7.33. The summed E-state index contributed by atoms with van der Waals surface area (Å²) in [7, 11) is -4.61. The van der Waals surface area contributed by atoms with Crippen LogP contribution in [-0.2, 0) is 17.1 Å². The minimum atomic E-state index is -4.61. The van der Waals surface area contributed by atoms with E-state index in [9.17, 15) is 0 Å². The molecule has 4 N–H and O–H groups in total. The summed E-state index contributed by atoms with van der Waals surface area (Å²) in [4.78, 5) is 29.3. The molecule has 0 bridgehead atoms. The smallest absolute Gasteiger partial charge is 1.00 e. The van der Waals surface area contributed by atoms with Crippen molar-refractivity contribution in [1.29, 1.82) is 0 Å². The molecule has 8 heteroatoms. The zero-order chi connectivity index (χ0) is 4.50. The molecule has 4 nitrogen and oxygen atoms in total. The fourth-order valence-electron chi connectivity index (χ4n) is 0. The Balaban J connectivity index is -0.00000000800. The first-order valence-electron chi connectivity index (χ1n) is 0.894. The van der Waals surface area contributed by atoms with Gasteiger partial charge in [-0.15, -0.1) is 0 Å². The van der Waals surface area contributed by atoms with Crippen LogP contribution in [0.3, 0.4) is 0 Å². The molecule has 0 aliphatic heterocycles. The van der Waals surface area contributed by atoms with E-state index in [4.69, 9.17) is 19.2 Å². The van der Waals surface area contributed by atoms with Crippen molar-refractivity contribution < 1.29 is 39.1 Å². The Labute approximate surface area is 88.1 Å². The van der Waals surface area contributed by atoms with Crippen molar-refractivity contribution in [3.63, 3.8) is 0 Å². The van der Waals surface area contributed by atoms with Gasteiger partial charge in [0, 0.05) is 17.1 Å². The van der Waals surface area contributed by atoms with E-state index in [1.165, 1.54) is 0 Å². The van der Waals surface area contributed by atoms with E-state index in [0.29, 0.717) is 0 Å². The molecular weight excluding hydrogens is 199 g/mol. The molecule has 0 aliphatic carbocycles. The maximum atomic E-state index is 7.33. The van der Waals surface area contributed by atoms with Crippen LogP contribution in [0.15, 0.2) is 0 Å². The summed E-state index contributed by atoms with van der Waals surface area (Å²) in [5, 5.41) is 0. The molecule has 0 aromatic rings. The van der Waals surface area contributed by atoms with Crippen LogP contribution < -0.4 is 0 Å². The first kappa shape index (κ1) is 22.5. The zero-order valence-electron chi connectivity index (χ0n) is 5.35. The molecule has 0 amide bonds. The van der Waals surface area contributed by atoms with Gasteiger partial charge in [0.15, 0.2) is 17.4 Å². The molecule has 0 saturated carbocycles. The van der Waals surface area contributed by atoms with Gasteiger partial charge < -0.3 is 22.0 Å². The van der Waals surface area contributed by atoms with Crippen molar-refractivity contribution in [2.75, 3.05) is 0 Å². The van der Waals surface area contributed by atoms with Crippen molar-refractivity contribution in [3.05, 3.63) is 0 Å². The summed E-state index contributed by atoms with van der Waals surface area (Å²) >= 11 is 0. The molecule has 0 atom stereocenters. The molecule has 8 heavy (non-hydrogen) atoms. The molecule has 0 saturated heterocycles. The Bertz CT molecular complexity index is 38.7. The Kier molecular flexibility index (Phi) is 25.0. The summed E-state index contributed by atoms with van der Waals surface area (Å²) < 4.78 is 0. The third kappa shape index (κ3) is 106. The molecular formula is H9AlFeMgO4Si. The van der Waals surface area contributed by atoms with Gasteiger partial charge in [-0.05, 0) is 0 Å². The van der Waals surface area contributed by atoms with Crippen LogP contribution in [-0.4, -0.2) is 68.6 Å². The number of hydrogen-bond donors (Lipinski definition) is 4. The van der Waals surface area contributed by atoms with E-state index >= 15 is 0 Å². The molecule has 0 radical (unpaired) electrons.